The van der Waals surface area contributed by atoms with Gasteiger partial charge in [-0.3, -0.25) is 4.79 Å². The summed E-state index contributed by atoms with van der Waals surface area (Å²) < 4.78 is 5.81. The number of anilines is 1. The highest BCUT2D eigenvalue weighted by atomic mass is 16.5. The van der Waals surface area contributed by atoms with Gasteiger partial charge < -0.3 is 10.5 Å². The fourth-order valence-electron chi connectivity index (χ4n) is 2.43. The highest BCUT2D eigenvalue weighted by Gasteiger charge is 2.14. The molecule has 0 aliphatic heterocycles. The maximum Gasteiger partial charge on any atom is 0.165 e. The lowest BCUT2D eigenvalue weighted by molar-refractivity contribution is 0.0939. The van der Waals surface area contributed by atoms with Crippen molar-refractivity contribution in [3.8, 4) is 5.75 Å². The fourth-order valence-corrected chi connectivity index (χ4v) is 2.43. The minimum Gasteiger partial charge on any atom is -0.487 e. The lowest BCUT2D eigenvalue weighted by Crippen LogP contribution is -2.11. The Morgan fingerprint density at radius 2 is 1.71 bits per heavy atom. The minimum absolute atomic E-state index is 0.0440. The molecule has 2 aromatic rings. The Labute approximate surface area is 144 Å². The lowest BCUT2D eigenvalue weighted by Gasteiger charge is -2.19. The molecule has 3 nitrogen and oxygen atoms in total. The highest BCUT2D eigenvalue weighted by Crippen LogP contribution is 2.26. The summed E-state index contributed by atoms with van der Waals surface area (Å²) in [4.78, 5) is 12.0. The summed E-state index contributed by atoms with van der Waals surface area (Å²) in [7, 11) is 0. The second-order valence-electron chi connectivity index (χ2n) is 7.51. The smallest absolute Gasteiger partial charge is 0.165 e. The van der Waals surface area contributed by atoms with Crippen LogP contribution in [0.1, 0.15) is 56.1 Å². The molecular formula is C21H27NO2. The maximum atomic E-state index is 12.0. The number of hydrogen-bond acceptors (Lipinski definition) is 3. The number of ether oxygens (including phenoxy) is 1. The molecule has 0 spiro atoms. The van der Waals surface area contributed by atoms with Crippen molar-refractivity contribution in [3.05, 3.63) is 59.2 Å². The quantitative estimate of drug-likeness (QED) is 0.623. The second-order valence-corrected chi connectivity index (χ2v) is 7.51. The molecule has 0 unspecified atom stereocenters. The van der Waals surface area contributed by atoms with Gasteiger partial charge in [-0.25, -0.2) is 0 Å². The molecule has 0 saturated carbocycles. The number of ketones is 1. The zero-order valence-corrected chi connectivity index (χ0v) is 15.2. The molecule has 0 bridgehead atoms. The van der Waals surface area contributed by atoms with E-state index in [1.165, 1.54) is 5.56 Å². The van der Waals surface area contributed by atoms with E-state index in [0.29, 0.717) is 23.6 Å². The number of Topliss-reactive ketones (excluding diaryl/α,β-unsaturated/α-hetero) is 1. The molecule has 2 rings (SSSR count). The van der Waals surface area contributed by atoms with Crippen molar-refractivity contribution >= 4 is 11.5 Å². The van der Waals surface area contributed by atoms with Crippen LogP contribution in [0.3, 0.4) is 0 Å². The van der Waals surface area contributed by atoms with Gasteiger partial charge in [-0.2, -0.15) is 0 Å². The van der Waals surface area contributed by atoms with Crippen molar-refractivity contribution in [3.63, 3.8) is 0 Å². The van der Waals surface area contributed by atoms with Crippen molar-refractivity contribution in [1.82, 2.24) is 0 Å². The topological polar surface area (TPSA) is 52.3 Å². The van der Waals surface area contributed by atoms with Gasteiger partial charge in [0, 0.05) is 11.5 Å². The molecule has 0 aliphatic rings. The van der Waals surface area contributed by atoms with Crippen LogP contribution in [0.15, 0.2) is 42.5 Å². The van der Waals surface area contributed by atoms with Gasteiger partial charge in [0.25, 0.3) is 0 Å². The van der Waals surface area contributed by atoms with Crippen LogP contribution < -0.4 is 10.5 Å². The van der Waals surface area contributed by atoms with E-state index in [2.05, 4.69) is 45.0 Å². The molecule has 128 valence electrons. The van der Waals surface area contributed by atoms with Gasteiger partial charge >= 0.3 is 0 Å². The Bertz CT molecular complexity index is 710. The van der Waals surface area contributed by atoms with Crippen LogP contribution in [-0.4, -0.2) is 5.78 Å². The molecule has 2 aromatic carbocycles. The average Bonchev–Trinajstić information content (AvgIpc) is 2.52. The van der Waals surface area contributed by atoms with Crippen molar-refractivity contribution in [2.75, 3.05) is 5.73 Å². The standard InChI is InChI=1S/C21H27NO2/c1-14(2)20(23)16-8-11-19(18(22)12-16)24-13-15-6-9-17(10-7-15)21(3,4)5/h6-12,14H,13,22H2,1-5H3. The first-order chi connectivity index (χ1) is 11.2. The summed E-state index contributed by atoms with van der Waals surface area (Å²) in [6, 6.07) is 13.7. The third-order valence-corrected chi connectivity index (χ3v) is 4.03. The second kappa shape index (κ2) is 7.08. The van der Waals surface area contributed by atoms with E-state index < -0.39 is 0 Å². The van der Waals surface area contributed by atoms with Gasteiger partial charge in [-0.1, -0.05) is 58.9 Å². The Morgan fingerprint density at radius 3 is 2.21 bits per heavy atom. The molecule has 0 atom stereocenters. The number of carbonyl (C=O) groups excluding carboxylic acids is 1. The van der Waals surface area contributed by atoms with E-state index in [-0.39, 0.29) is 17.1 Å². The molecule has 24 heavy (non-hydrogen) atoms. The van der Waals surface area contributed by atoms with Crippen LogP contribution in [0.4, 0.5) is 5.69 Å². The zero-order chi connectivity index (χ0) is 17.9. The van der Waals surface area contributed by atoms with E-state index in [1.54, 1.807) is 18.2 Å². The number of hydrogen-bond donors (Lipinski definition) is 1. The zero-order valence-electron chi connectivity index (χ0n) is 15.2. The van der Waals surface area contributed by atoms with E-state index in [9.17, 15) is 4.79 Å². The number of rotatable bonds is 5. The predicted octanol–water partition coefficient (Wildman–Crippen LogP) is 4.98. The van der Waals surface area contributed by atoms with Gasteiger partial charge in [0.05, 0.1) is 5.69 Å². The number of carbonyl (C=O) groups is 1. The molecule has 0 radical (unpaired) electrons. The average molecular weight is 325 g/mol. The number of nitrogens with two attached hydrogens (primary N) is 1. The third kappa shape index (κ3) is 4.38. The Morgan fingerprint density at radius 1 is 1.08 bits per heavy atom. The molecule has 0 fully saturated rings. The Kier molecular flexibility index (Phi) is 5.33. The molecule has 0 amide bonds. The van der Waals surface area contributed by atoms with E-state index in [0.717, 1.165) is 5.56 Å². The normalized spacial score (nSPS) is 11.6. The summed E-state index contributed by atoms with van der Waals surface area (Å²) >= 11 is 0. The van der Waals surface area contributed by atoms with E-state index >= 15 is 0 Å². The SMILES string of the molecule is CC(C)C(=O)c1ccc(OCc2ccc(C(C)(C)C)cc2)c(N)c1. The van der Waals surface area contributed by atoms with Crippen LogP contribution in [0, 0.1) is 5.92 Å². The summed E-state index contributed by atoms with van der Waals surface area (Å²) in [5.74, 6) is 0.652. The van der Waals surface area contributed by atoms with Gasteiger partial charge in [0.2, 0.25) is 0 Å². The van der Waals surface area contributed by atoms with Crippen LogP contribution >= 0.6 is 0 Å². The molecular weight excluding hydrogens is 298 g/mol. The van der Waals surface area contributed by atoms with Crippen molar-refractivity contribution in [2.45, 2.75) is 46.6 Å². The first kappa shape index (κ1) is 18.1. The van der Waals surface area contributed by atoms with Crippen LogP contribution in [0.25, 0.3) is 0 Å². The van der Waals surface area contributed by atoms with Crippen molar-refractivity contribution < 1.29 is 9.53 Å². The molecule has 2 N–H and O–H groups in total. The van der Waals surface area contributed by atoms with E-state index in [4.69, 9.17) is 10.5 Å². The molecule has 0 heterocycles. The Hall–Kier alpha value is -2.29. The lowest BCUT2D eigenvalue weighted by atomic mass is 9.87. The van der Waals surface area contributed by atoms with Crippen molar-refractivity contribution in [1.29, 1.82) is 0 Å². The summed E-state index contributed by atoms with van der Waals surface area (Å²) in [5.41, 5.74) is 9.67. The van der Waals surface area contributed by atoms with E-state index in [1.807, 2.05) is 13.8 Å². The fraction of sp³-hybridized carbons (Fsp3) is 0.381. The number of benzene rings is 2. The first-order valence-electron chi connectivity index (χ1n) is 8.34. The van der Waals surface area contributed by atoms with Crippen LogP contribution in [0.5, 0.6) is 5.75 Å². The molecule has 3 heteroatoms. The van der Waals surface area contributed by atoms with Crippen LogP contribution in [0.2, 0.25) is 0 Å². The van der Waals surface area contributed by atoms with Gasteiger partial charge in [-0.15, -0.1) is 0 Å². The minimum atomic E-state index is -0.0440. The largest absolute Gasteiger partial charge is 0.487 e. The van der Waals surface area contributed by atoms with Crippen LogP contribution in [-0.2, 0) is 12.0 Å². The Balaban J connectivity index is 2.05. The van der Waals surface area contributed by atoms with Gasteiger partial charge in [0.15, 0.2) is 5.78 Å². The number of nitrogen functional groups attached to an aromatic ring is 1. The van der Waals surface area contributed by atoms with Gasteiger partial charge in [0.1, 0.15) is 12.4 Å². The van der Waals surface area contributed by atoms with Crippen molar-refractivity contribution in [2.24, 2.45) is 5.92 Å². The molecule has 0 saturated heterocycles. The molecule has 0 aliphatic carbocycles. The molecule has 0 aromatic heterocycles. The summed E-state index contributed by atoms with van der Waals surface area (Å²) in [5, 5.41) is 0. The highest BCUT2D eigenvalue weighted by molar-refractivity contribution is 5.98. The predicted molar refractivity (Wildman–Crippen MR) is 99.5 cm³/mol. The summed E-state index contributed by atoms with van der Waals surface area (Å²) in [6.45, 7) is 10.8. The third-order valence-electron chi connectivity index (χ3n) is 4.03. The monoisotopic (exact) mass is 325 g/mol. The first-order valence-corrected chi connectivity index (χ1v) is 8.34. The summed E-state index contributed by atoms with van der Waals surface area (Å²) in [6.07, 6.45) is 0. The maximum absolute atomic E-state index is 12.0. The van der Waals surface area contributed by atoms with Gasteiger partial charge in [-0.05, 0) is 34.7 Å².